The molecule has 4 nitrogen and oxygen atoms in total. The standard InChI is InChI=1S/C12H21FN4/c1-4-6-8-17(3)11-10(13)9-15-12(16-11)14-7-5-2/h9H,4-8H2,1-3H3,(H,14,15,16). The van der Waals surface area contributed by atoms with E-state index in [4.69, 9.17) is 0 Å². The molecule has 0 unspecified atom stereocenters. The van der Waals surface area contributed by atoms with E-state index in [-0.39, 0.29) is 5.82 Å². The summed E-state index contributed by atoms with van der Waals surface area (Å²) < 4.78 is 13.6. The van der Waals surface area contributed by atoms with E-state index in [0.29, 0.717) is 11.8 Å². The van der Waals surface area contributed by atoms with Gasteiger partial charge in [-0.05, 0) is 12.8 Å². The summed E-state index contributed by atoms with van der Waals surface area (Å²) in [7, 11) is 1.85. The molecular weight excluding hydrogens is 219 g/mol. The van der Waals surface area contributed by atoms with Gasteiger partial charge in [-0.3, -0.25) is 0 Å². The minimum atomic E-state index is -0.370. The van der Waals surface area contributed by atoms with Crippen LogP contribution in [0.1, 0.15) is 33.1 Å². The van der Waals surface area contributed by atoms with Gasteiger partial charge in [0, 0.05) is 20.1 Å². The third-order valence-electron chi connectivity index (χ3n) is 2.47. The fraction of sp³-hybridized carbons (Fsp3) is 0.667. The molecule has 0 aliphatic carbocycles. The van der Waals surface area contributed by atoms with E-state index < -0.39 is 0 Å². The highest BCUT2D eigenvalue weighted by atomic mass is 19.1. The Kier molecular flexibility index (Phi) is 5.66. The van der Waals surface area contributed by atoms with Crippen molar-refractivity contribution in [1.29, 1.82) is 0 Å². The number of unbranched alkanes of at least 4 members (excludes halogenated alkanes) is 1. The van der Waals surface area contributed by atoms with Crippen LogP contribution in [-0.4, -0.2) is 30.1 Å². The van der Waals surface area contributed by atoms with Crippen molar-refractivity contribution in [3.05, 3.63) is 12.0 Å². The summed E-state index contributed by atoms with van der Waals surface area (Å²) in [6, 6.07) is 0. The normalized spacial score (nSPS) is 10.4. The van der Waals surface area contributed by atoms with Crippen LogP contribution in [0.2, 0.25) is 0 Å². The molecular formula is C12H21FN4. The lowest BCUT2D eigenvalue weighted by atomic mass is 10.3. The zero-order valence-corrected chi connectivity index (χ0v) is 10.8. The van der Waals surface area contributed by atoms with E-state index in [1.54, 1.807) is 0 Å². The van der Waals surface area contributed by atoms with E-state index in [1.807, 2.05) is 11.9 Å². The molecule has 0 bridgehead atoms. The maximum atomic E-state index is 13.6. The Morgan fingerprint density at radius 3 is 2.76 bits per heavy atom. The van der Waals surface area contributed by atoms with Crippen LogP contribution in [0.15, 0.2) is 6.20 Å². The number of halogens is 1. The van der Waals surface area contributed by atoms with Gasteiger partial charge in [0.25, 0.3) is 0 Å². The molecule has 0 aliphatic heterocycles. The van der Waals surface area contributed by atoms with Crippen molar-refractivity contribution < 1.29 is 4.39 Å². The Labute approximate surface area is 102 Å². The SMILES string of the molecule is CCCCN(C)c1nc(NCCC)ncc1F. The molecule has 1 aromatic rings. The van der Waals surface area contributed by atoms with Crippen molar-refractivity contribution >= 4 is 11.8 Å². The molecule has 5 heteroatoms. The zero-order chi connectivity index (χ0) is 12.7. The van der Waals surface area contributed by atoms with E-state index in [2.05, 4.69) is 29.1 Å². The molecule has 1 N–H and O–H groups in total. The average molecular weight is 240 g/mol. The van der Waals surface area contributed by atoms with E-state index in [1.165, 1.54) is 6.20 Å². The molecule has 0 aliphatic rings. The second-order valence-electron chi connectivity index (χ2n) is 4.07. The monoisotopic (exact) mass is 240 g/mol. The summed E-state index contributed by atoms with van der Waals surface area (Å²) in [4.78, 5) is 9.94. The highest BCUT2D eigenvalue weighted by molar-refractivity contribution is 5.43. The quantitative estimate of drug-likeness (QED) is 0.795. The fourth-order valence-corrected chi connectivity index (χ4v) is 1.45. The summed E-state index contributed by atoms with van der Waals surface area (Å²) in [5.41, 5.74) is 0. The predicted octanol–water partition coefficient (Wildman–Crippen LogP) is 2.67. The van der Waals surface area contributed by atoms with Gasteiger partial charge in [0.1, 0.15) is 0 Å². The first kappa shape index (κ1) is 13.7. The molecule has 17 heavy (non-hydrogen) atoms. The lowest BCUT2D eigenvalue weighted by molar-refractivity contribution is 0.605. The van der Waals surface area contributed by atoms with Gasteiger partial charge in [0.2, 0.25) is 5.95 Å². The third kappa shape index (κ3) is 4.17. The van der Waals surface area contributed by atoms with Gasteiger partial charge >= 0.3 is 0 Å². The smallest absolute Gasteiger partial charge is 0.224 e. The first-order valence-electron chi connectivity index (χ1n) is 6.16. The highest BCUT2D eigenvalue weighted by Gasteiger charge is 2.10. The summed E-state index contributed by atoms with van der Waals surface area (Å²) in [5.74, 6) is 0.490. The summed E-state index contributed by atoms with van der Waals surface area (Å²) in [6.45, 7) is 5.77. The molecule has 0 saturated carbocycles. The van der Waals surface area contributed by atoms with Crippen molar-refractivity contribution in [3.8, 4) is 0 Å². The van der Waals surface area contributed by atoms with Crippen LogP contribution < -0.4 is 10.2 Å². The number of rotatable bonds is 7. The number of hydrogen-bond donors (Lipinski definition) is 1. The maximum absolute atomic E-state index is 13.6. The molecule has 0 fully saturated rings. The van der Waals surface area contributed by atoms with Crippen LogP contribution in [0.4, 0.5) is 16.2 Å². The van der Waals surface area contributed by atoms with Gasteiger partial charge in [-0.15, -0.1) is 0 Å². The second-order valence-corrected chi connectivity index (χ2v) is 4.07. The van der Waals surface area contributed by atoms with Gasteiger partial charge in [0.15, 0.2) is 11.6 Å². The number of anilines is 2. The third-order valence-corrected chi connectivity index (χ3v) is 2.47. The second kappa shape index (κ2) is 7.04. The number of aromatic nitrogens is 2. The molecule has 96 valence electrons. The van der Waals surface area contributed by atoms with E-state index >= 15 is 0 Å². The molecule has 0 aromatic carbocycles. The van der Waals surface area contributed by atoms with Crippen LogP contribution >= 0.6 is 0 Å². The molecule has 1 rings (SSSR count). The van der Waals surface area contributed by atoms with Gasteiger partial charge in [-0.25, -0.2) is 9.37 Å². The molecule has 0 atom stereocenters. The van der Waals surface area contributed by atoms with Crippen LogP contribution in [-0.2, 0) is 0 Å². The van der Waals surface area contributed by atoms with Gasteiger partial charge < -0.3 is 10.2 Å². The lowest BCUT2D eigenvalue weighted by Crippen LogP contribution is -2.22. The number of nitrogens with one attached hydrogen (secondary N) is 1. The van der Waals surface area contributed by atoms with Gasteiger partial charge in [-0.2, -0.15) is 4.98 Å². The van der Waals surface area contributed by atoms with Crippen LogP contribution in [0.3, 0.4) is 0 Å². The minimum absolute atomic E-state index is 0.368. The molecule has 1 heterocycles. The Bertz CT molecular complexity index is 343. The van der Waals surface area contributed by atoms with E-state index in [9.17, 15) is 4.39 Å². The first-order chi connectivity index (χ1) is 8.19. The van der Waals surface area contributed by atoms with Crippen molar-refractivity contribution in [2.75, 3.05) is 30.4 Å². The molecule has 0 spiro atoms. The highest BCUT2D eigenvalue weighted by Crippen LogP contribution is 2.16. The molecule has 1 aromatic heterocycles. The van der Waals surface area contributed by atoms with Crippen molar-refractivity contribution in [1.82, 2.24) is 9.97 Å². The van der Waals surface area contributed by atoms with Crippen molar-refractivity contribution in [2.24, 2.45) is 0 Å². The van der Waals surface area contributed by atoms with E-state index in [0.717, 1.165) is 32.4 Å². The summed E-state index contributed by atoms with van der Waals surface area (Å²) in [5, 5.41) is 3.06. The fourth-order valence-electron chi connectivity index (χ4n) is 1.45. The summed E-state index contributed by atoms with van der Waals surface area (Å²) >= 11 is 0. The number of nitrogens with zero attached hydrogens (tertiary/aromatic N) is 3. The Hall–Kier alpha value is -1.39. The first-order valence-corrected chi connectivity index (χ1v) is 6.16. The zero-order valence-electron chi connectivity index (χ0n) is 10.8. The molecule has 0 saturated heterocycles. The minimum Gasteiger partial charge on any atom is -0.357 e. The Morgan fingerprint density at radius 2 is 2.12 bits per heavy atom. The topological polar surface area (TPSA) is 41.1 Å². The van der Waals surface area contributed by atoms with Crippen LogP contribution in [0.25, 0.3) is 0 Å². The maximum Gasteiger partial charge on any atom is 0.224 e. The number of hydrogen-bond acceptors (Lipinski definition) is 4. The summed E-state index contributed by atoms with van der Waals surface area (Å²) in [6.07, 6.45) is 4.32. The molecule has 0 radical (unpaired) electrons. The molecule has 0 amide bonds. The largest absolute Gasteiger partial charge is 0.357 e. The average Bonchev–Trinajstić information content (AvgIpc) is 2.35. The van der Waals surface area contributed by atoms with Crippen molar-refractivity contribution in [2.45, 2.75) is 33.1 Å². The van der Waals surface area contributed by atoms with Gasteiger partial charge in [-0.1, -0.05) is 20.3 Å². The van der Waals surface area contributed by atoms with Gasteiger partial charge in [0.05, 0.1) is 6.20 Å². The lowest BCUT2D eigenvalue weighted by Gasteiger charge is -2.18. The van der Waals surface area contributed by atoms with Crippen LogP contribution in [0.5, 0.6) is 0 Å². The van der Waals surface area contributed by atoms with Crippen LogP contribution in [0, 0.1) is 5.82 Å². The van der Waals surface area contributed by atoms with Crippen molar-refractivity contribution in [3.63, 3.8) is 0 Å². The predicted molar refractivity (Wildman–Crippen MR) is 68.9 cm³/mol. The Morgan fingerprint density at radius 1 is 1.35 bits per heavy atom. The Balaban J connectivity index is 2.74.